The number of hydrogen-bond donors (Lipinski definition) is 2. The van der Waals surface area contributed by atoms with Crippen molar-refractivity contribution in [3.8, 4) is 0 Å². The molecule has 0 bridgehead atoms. The SMILES string of the molecule is Cn1ccc(C(=O)NCC2(O)CCOC2)n1. The molecule has 2 N–H and O–H groups in total. The fourth-order valence-electron chi connectivity index (χ4n) is 1.61. The molecule has 1 unspecified atom stereocenters. The zero-order chi connectivity index (χ0) is 11.6. The Kier molecular flexibility index (Phi) is 2.93. The van der Waals surface area contributed by atoms with Gasteiger partial charge in [0.15, 0.2) is 0 Å². The molecule has 1 saturated heterocycles. The number of ether oxygens (including phenoxy) is 1. The van der Waals surface area contributed by atoms with E-state index < -0.39 is 5.60 Å². The van der Waals surface area contributed by atoms with Crippen LogP contribution >= 0.6 is 0 Å². The third-order valence-electron chi connectivity index (χ3n) is 2.61. The van der Waals surface area contributed by atoms with Gasteiger partial charge in [-0.25, -0.2) is 0 Å². The molecule has 1 aromatic heterocycles. The number of rotatable bonds is 3. The van der Waals surface area contributed by atoms with Gasteiger partial charge in [-0.3, -0.25) is 9.48 Å². The number of carbonyl (C=O) groups excluding carboxylic acids is 1. The Labute approximate surface area is 93.2 Å². The maximum Gasteiger partial charge on any atom is 0.271 e. The summed E-state index contributed by atoms with van der Waals surface area (Å²) < 4.78 is 6.64. The second-order valence-corrected chi connectivity index (χ2v) is 4.08. The highest BCUT2D eigenvalue weighted by Crippen LogP contribution is 2.16. The fourth-order valence-corrected chi connectivity index (χ4v) is 1.61. The minimum Gasteiger partial charge on any atom is -0.386 e. The van der Waals surface area contributed by atoms with Crippen molar-refractivity contribution in [1.82, 2.24) is 15.1 Å². The van der Waals surface area contributed by atoms with E-state index in [1.165, 1.54) is 0 Å². The molecule has 0 aliphatic carbocycles. The van der Waals surface area contributed by atoms with Crippen LogP contribution in [-0.2, 0) is 11.8 Å². The molecular formula is C10H15N3O3. The van der Waals surface area contributed by atoms with Crippen LogP contribution in [0.1, 0.15) is 16.9 Å². The Bertz CT molecular complexity index is 382. The summed E-state index contributed by atoms with van der Waals surface area (Å²) in [5.74, 6) is -0.277. The van der Waals surface area contributed by atoms with E-state index in [9.17, 15) is 9.90 Å². The molecule has 6 heteroatoms. The van der Waals surface area contributed by atoms with Gasteiger partial charge in [-0.15, -0.1) is 0 Å². The summed E-state index contributed by atoms with van der Waals surface area (Å²) in [6.07, 6.45) is 2.25. The Morgan fingerprint density at radius 2 is 2.62 bits per heavy atom. The molecule has 2 rings (SSSR count). The average molecular weight is 225 g/mol. The molecule has 1 aliphatic heterocycles. The van der Waals surface area contributed by atoms with Gasteiger partial charge < -0.3 is 15.2 Å². The largest absolute Gasteiger partial charge is 0.386 e. The van der Waals surface area contributed by atoms with E-state index >= 15 is 0 Å². The van der Waals surface area contributed by atoms with E-state index in [0.717, 1.165) is 0 Å². The number of aromatic nitrogens is 2. The number of aliphatic hydroxyl groups is 1. The van der Waals surface area contributed by atoms with Crippen LogP contribution in [0, 0.1) is 0 Å². The molecule has 0 spiro atoms. The standard InChI is InChI=1S/C10H15N3O3/c1-13-4-2-8(12-13)9(14)11-6-10(15)3-5-16-7-10/h2,4,15H,3,5-7H2,1H3,(H,11,14). The van der Waals surface area contributed by atoms with Crippen LogP contribution in [0.3, 0.4) is 0 Å². The fraction of sp³-hybridized carbons (Fsp3) is 0.600. The van der Waals surface area contributed by atoms with Crippen LogP contribution in [0.4, 0.5) is 0 Å². The van der Waals surface area contributed by atoms with Gasteiger partial charge in [-0.2, -0.15) is 5.10 Å². The minimum absolute atomic E-state index is 0.197. The van der Waals surface area contributed by atoms with Crippen LogP contribution in [0.5, 0.6) is 0 Å². The first-order chi connectivity index (χ1) is 7.59. The Hall–Kier alpha value is -1.40. The minimum atomic E-state index is -0.926. The molecule has 2 heterocycles. The Balaban J connectivity index is 1.88. The summed E-state index contributed by atoms with van der Waals surface area (Å²) in [6, 6.07) is 1.63. The van der Waals surface area contributed by atoms with Gasteiger partial charge in [0.05, 0.1) is 6.61 Å². The van der Waals surface area contributed by atoms with Crippen LogP contribution in [0.15, 0.2) is 12.3 Å². The van der Waals surface area contributed by atoms with Gasteiger partial charge in [0.1, 0.15) is 11.3 Å². The van der Waals surface area contributed by atoms with Crippen molar-refractivity contribution in [1.29, 1.82) is 0 Å². The van der Waals surface area contributed by atoms with E-state index in [1.807, 2.05) is 0 Å². The van der Waals surface area contributed by atoms with E-state index in [-0.39, 0.29) is 19.1 Å². The smallest absolute Gasteiger partial charge is 0.271 e. The Morgan fingerprint density at radius 1 is 1.81 bits per heavy atom. The quantitative estimate of drug-likeness (QED) is 0.713. The molecule has 88 valence electrons. The number of aryl methyl sites for hydroxylation is 1. The molecule has 16 heavy (non-hydrogen) atoms. The van der Waals surface area contributed by atoms with Gasteiger partial charge in [-0.05, 0) is 6.07 Å². The van der Waals surface area contributed by atoms with Crippen molar-refractivity contribution in [3.05, 3.63) is 18.0 Å². The van der Waals surface area contributed by atoms with Gasteiger partial charge in [0, 0.05) is 32.8 Å². The first-order valence-corrected chi connectivity index (χ1v) is 5.17. The molecule has 1 amide bonds. The summed E-state index contributed by atoms with van der Waals surface area (Å²) in [7, 11) is 1.75. The predicted octanol–water partition coefficient (Wildman–Crippen LogP) is -0.699. The van der Waals surface area contributed by atoms with E-state index in [0.29, 0.717) is 18.7 Å². The van der Waals surface area contributed by atoms with Crippen LogP contribution in [0.2, 0.25) is 0 Å². The highest BCUT2D eigenvalue weighted by Gasteiger charge is 2.32. The number of nitrogens with zero attached hydrogens (tertiary/aromatic N) is 2. The van der Waals surface area contributed by atoms with Crippen molar-refractivity contribution in [3.63, 3.8) is 0 Å². The summed E-state index contributed by atoms with van der Waals surface area (Å²) in [5, 5.41) is 16.5. The maximum atomic E-state index is 11.6. The van der Waals surface area contributed by atoms with E-state index in [4.69, 9.17) is 4.74 Å². The predicted molar refractivity (Wildman–Crippen MR) is 55.9 cm³/mol. The molecule has 0 aromatic carbocycles. The molecule has 6 nitrogen and oxygen atoms in total. The van der Waals surface area contributed by atoms with Crippen LogP contribution in [-0.4, -0.2) is 46.2 Å². The van der Waals surface area contributed by atoms with Crippen molar-refractivity contribution in [2.75, 3.05) is 19.8 Å². The third kappa shape index (κ3) is 2.40. The lowest BCUT2D eigenvalue weighted by atomic mass is 10.0. The van der Waals surface area contributed by atoms with Gasteiger partial charge in [-0.1, -0.05) is 0 Å². The number of nitrogens with one attached hydrogen (secondary N) is 1. The zero-order valence-electron chi connectivity index (χ0n) is 9.14. The number of carbonyl (C=O) groups is 1. The van der Waals surface area contributed by atoms with E-state index in [2.05, 4.69) is 10.4 Å². The van der Waals surface area contributed by atoms with Crippen molar-refractivity contribution >= 4 is 5.91 Å². The van der Waals surface area contributed by atoms with Crippen molar-refractivity contribution in [2.24, 2.45) is 7.05 Å². The highest BCUT2D eigenvalue weighted by molar-refractivity contribution is 5.92. The molecule has 0 saturated carbocycles. The van der Waals surface area contributed by atoms with Crippen LogP contribution in [0.25, 0.3) is 0 Å². The number of hydrogen-bond acceptors (Lipinski definition) is 4. The average Bonchev–Trinajstić information content (AvgIpc) is 2.85. The van der Waals surface area contributed by atoms with Gasteiger partial charge in [0.2, 0.25) is 0 Å². The third-order valence-corrected chi connectivity index (χ3v) is 2.61. The van der Waals surface area contributed by atoms with Gasteiger partial charge >= 0.3 is 0 Å². The Morgan fingerprint density at radius 3 is 3.19 bits per heavy atom. The van der Waals surface area contributed by atoms with Crippen LogP contribution < -0.4 is 5.32 Å². The lowest BCUT2D eigenvalue weighted by molar-refractivity contribution is 0.0264. The summed E-state index contributed by atoms with van der Waals surface area (Å²) in [5.41, 5.74) is -0.574. The lowest BCUT2D eigenvalue weighted by Gasteiger charge is -2.20. The molecular weight excluding hydrogens is 210 g/mol. The monoisotopic (exact) mass is 225 g/mol. The summed E-state index contributed by atoms with van der Waals surface area (Å²) in [4.78, 5) is 11.6. The molecule has 1 fully saturated rings. The number of amides is 1. The summed E-state index contributed by atoms with van der Waals surface area (Å²) >= 11 is 0. The molecule has 0 radical (unpaired) electrons. The molecule has 1 aliphatic rings. The van der Waals surface area contributed by atoms with E-state index in [1.54, 1.807) is 24.0 Å². The first kappa shape index (κ1) is 11.1. The molecule has 1 aromatic rings. The zero-order valence-corrected chi connectivity index (χ0v) is 9.14. The summed E-state index contributed by atoms with van der Waals surface area (Å²) in [6.45, 7) is 1.01. The highest BCUT2D eigenvalue weighted by atomic mass is 16.5. The van der Waals surface area contributed by atoms with Gasteiger partial charge in [0.25, 0.3) is 5.91 Å². The molecule has 1 atom stereocenters. The first-order valence-electron chi connectivity index (χ1n) is 5.17. The second-order valence-electron chi connectivity index (χ2n) is 4.08. The normalized spacial score (nSPS) is 24.6. The topological polar surface area (TPSA) is 76.4 Å². The maximum absolute atomic E-state index is 11.6. The lowest BCUT2D eigenvalue weighted by Crippen LogP contribution is -2.43. The second kappa shape index (κ2) is 4.23. The van der Waals surface area contributed by atoms with Crippen molar-refractivity contribution in [2.45, 2.75) is 12.0 Å². The van der Waals surface area contributed by atoms with Crippen molar-refractivity contribution < 1.29 is 14.6 Å².